The Bertz CT molecular complexity index is 287. The molecule has 1 aliphatic heterocycles. The van der Waals surface area contributed by atoms with Gasteiger partial charge in [-0.2, -0.15) is 0 Å². The lowest BCUT2D eigenvalue weighted by Gasteiger charge is -2.36. The van der Waals surface area contributed by atoms with Crippen molar-refractivity contribution in [2.45, 2.75) is 47.0 Å². The molecular formula is C15H27NO. The van der Waals surface area contributed by atoms with Crippen molar-refractivity contribution < 1.29 is 4.79 Å². The highest BCUT2D eigenvalue weighted by atomic mass is 16.1. The number of nitrogens with zero attached hydrogens (tertiary/aromatic N) is 1. The van der Waals surface area contributed by atoms with E-state index in [-0.39, 0.29) is 5.41 Å². The quantitative estimate of drug-likeness (QED) is 0.736. The van der Waals surface area contributed by atoms with Gasteiger partial charge in [0, 0.05) is 31.0 Å². The van der Waals surface area contributed by atoms with E-state index in [1.165, 1.54) is 19.5 Å². The molecule has 1 heterocycles. The standard InChI is InChI=1S/C15H27NO/c1-11-7-12(2)9-16(8-11)10-13-5-6-15(3,4)14(13)17/h11-13H,5-10H2,1-4H3. The highest BCUT2D eigenvalue weighted by Crippen LogP contribution is 2.38. The van der Waals surface area contributed by atoms with Gasteiger partial charge < -0.3 is 4.90 Å². The molecule has 0 aromatic heterocycles. The van der Waals surface area contributed by atoms with Gasteiger partial charge >= 0.3 is 0 Å². The molecule has 1 aliphatic carbocycles. The minimum Gasteiger partial charge on any atom is -0.302 e. The van der Waals surface area contributed by atoms with Gasteiger partial charge in [-0.3, -0.25) is 4.79 Å². The third kappa shape index (κ3) is 2.90. The van der Waals surface area contributed by atoms with Crippen LogP contribution in [0.15, 0.2) is 0 Å². The van der Waals surface area contributed by atoms with Crippen LogP contribution in [0, 0.1) is 23.2 Å². The first-order valence-electron chi connectivity index (χ1n) is 7.15. The first-order valence-corrected chi connectivity index (χ1v) is 7.15. The van der Waals surface area contributed by atoms with Crippen LogP contribution in [0.1, 0.15) is 47.0 Å². The summed E-state index contributed by atoms with van der Waals surface area (Å²) in [6, 6.07) is 0. The molecule has 0 N–H and O–H groups in total. The van der Waals surface area contributed by atoms with Crippen LogP contribution in [0.5, 0.6) is 0 Å². The van der Waals surface area contributed by atoms with Crippen molar-refractivity contribution in [3.05, 3.63) is 0 Å². The van der Waals surface area contributed by atoms with Crippen LogP contribution in [-0.4, -0.2) is 30.3 Å². The second-order valence-electron chi connectivity index (χ2n) is 7.15. The van der Waals surface area contributed by atoms with Crippen molar-refractivity contribution in [2.75, 3.05) is 19.6 Å². The fourth-order valence-electron chi connectivity index (χ4n) is 3.77. The molecule has 2 aliphatic rings. The van der Waals surface area contributed by atoms with Crippen molar-refractivity contribution in [1.82, 2.24) is 4.90 Å². The lowest BCUT2D eigenvalue weighted by Crippen LogP contribution is -2.42. The van der Waals surface area contributed by atoms with E-state index in [9.17, 15) is 4.79 Å². The Labute approximate surface area is 106 Å². The minimum absolute atomic E-state index is 0.0579. The van der Waals surface area contributed by atoms with Crippen molar-refractivity contribution in [2.24, 2.45) is 23.2 Å². The summed E-state index contributed by atoms with van der Waals surface area (Å²) < 4.78 is 0. The highest BCUT2D eigenvalue weighted by Gasteiger charge is 2.41. The van der Waals surface area contributed by atoms with Crippen molar-refractivity contribution in [1.29, 1.82) is 0 Å². The normalized spacial score (nSPS) is 38.6. The van der Waals surface area contributed by atoms with Gasteiger partial charge in [0.2, 0.25) is 0 Å². The average molecular weight is 237 g/mol. The number of carbonyl (C=O) groups is 1. The predicted octanol–water partition coefficient (Wildman–Crippen LogP) is 2.97. The molecular weight excluding hydrogens is 210 g/mol. The largest absolute Gasteiger partial charge is 0.302 e. The fraction of sp³-hybridized carbons (Fsp3) is 0.933. The fourth-order valence-corrected chi connectivity index (χ4v) is 3.77. The van der Waals surface area contributed by atoms with Gasteiger partial charge in [0.25, 0.3) is 0 Å². The van der Waals surface area contributed by atoms with E-state index in [2.05, 4.69) is 32.6 Å². The molecule has 3 unspecified atom stereocenters. The zero-order valence-corrected chi connectivity index (χ0v) is 11.8. The van der Waals surface area contributed by atoms with Crippen LogP contribution in [0.4, 0.5) is 0 Å². The smallest absolute Gasteiger partial charge is 0.142 e. The number of Topliss-reactive ketones (excluding diaryl/α,β-unsaturated/α-hetero) is 1. The Balaban J connectivity index is 1.91. The molecule has 0 aromatic carbocycles. The lowest BCUT2D eigenvalue weighted by molar-refractivity contribution is -0.128. The van der Waals surface area contributed by atoms with Gasteiger partial charge in [0.05, 0.1) is 0 Å². The summed E-state index contributed by atoms with van der Waals surface area (Å²) in [5, 5.41) is 0. The molecule has 0 aromatic rings. The Hall–Kier alpha value is -0.370. The van der Waals surface area contributed by atoms with E-state index in [0.717, 1.165) is 31.2 Å². The number of likely N-dealkylation sites (tertiary alicyclic amines) is 1. The molecule has 3 atom stereocenters. The van der Waals surface area contributed by atoms with Crippen LogP contribution in [-0.2, 0) is 4.79 Å². The molecule has 2 fully saturated rings. The van der Waals surface area contributed by atoms with E-state index in [1.54, 1.807) is 0 Å². The molecule has 1 saturated carbocycles. The predicted molar refractivity (Wildman–Crippen MR) is 70.9 cm³/mol. The number of hydrogen-bond acceptors (Lipinski definition) is 2. The molecule has 0 radical (unpaired) electrons. The second-order valence-corrected chi connectivity index (χ2v) is 7.15. The van der Waals surface area contributed by atoms with Crippen LogP contribution >= 0.6 is 0 Å². The number of hydrogen-bond donors (Lipinski definition) is 0. The first-order chi connectivity index (χ1) is 7.88. The van der Waals surface area contributed by atoms with Crippen LogP contribution < -0.4 is 0 Å². The average Bonchev–Trinajstić information content (AvgIpc) is 2.44. The van der Waals surface area contributed by atoms with Crippen LogP contribution in [0.25, 0.3) is 0 Å². The third-order valence-electron chi connectivity index (χ3n) is 4.58. The van der Waals surface area contributed by atoms with Gasteiger partial charge in [-0.05, 0) is 31.1 Å². The number of rotatable bonds is 2. The highest BCUT2D eigenvalue weighted by molar-refractivity contribution is 5.88. The zero-order chi connectivity index (χ0) is 12.6. The first kappa shape index (κ1) is 13.1. The maximum Gasteiger partial charge on any atom is 0.142 e. The molecule has 2 rings (SSSR count). The summed E-state index contributed by atoms with van der Waals surface area (Å²) in [6.45, 7) is 12.3. The van der Waals surface area contributed by atoms with E-state index in [4.69, 9.17) is 0 Å². The number of piperidine rings is 1. The Morgan fingerprint density at radius 2 is 1.82 bits per heavy atom. The molecule has 0 bridgehead atoms. The molecule has 98 valence electrons. The van der Waals surface area contributed by atoms with Crippen molar-refractivity contribution in [3.8, 4) is 0 Å². The molecule has 2 nitrogen and oxygen atoms in total. The second kappa shape index (κ2) is 4.72. The summed E-state index contributed by atoms with van der Waals surface area (Å²) >= 11 is 0. The van der Waals surface area contributed by atoms with Gasteiger partial charge in [0.15, 0.2) is 0 Å². The summed E-state index contributed by atoms with van der Waals surface area (Å²) in [6.07, 6.45) is 3.53. The van der Waals surface area contributed by atoms with Gasteiger partial charge in [0.1, 0.15) is 5.78 Å². The summed E-state index contributed by atoms with van der Waals surface area (Å²) in [5.74, 6) is 2.40. The lowest BCUT2D eigenvalue weighted by atomic mass is 9.88. The maximum atomic E-state index is 12.2. The summed E-state index contributed by atoms with van der Waals surface area (Å²) in [4.78, 5) is 14.8. The van der Waals surface area contributed by atoms with Crippen LogP contribution in [0.2, 0.25) is 0 Å². The Kier molecular flexibility index (Phi) is 3.63. The minimum atomic E-state index is -0.0579. The van der Waals surface area contributed by atoms with Crippen molar-refractivity contribution in [3.63, 3.8) is 0 Å². The SMILES string of the molecule is CC1CC(C)CN(CC2CCC(C)(C)C2=O)C1. The maximum absolute atomic E-state index is 12.2. The van der Waals surface area contributed by atoms with Crippen molar-refractivity contribution >= 4 is 5.78 Å². The zero-order valence-electron chi connectivity index (χ0n) is 11.8. The van der Waals surface area contributed by atoms with E-state index >= 15 is 0 Å². The van der Waals surface area contributed by atoms with Gasteiger partial charge in [-0.1, -0.05) is 27.7 Å². The summed E-state index contributed by atoms with van der Waals surface area (Å²) in [7, 11) is 0. The van der Waals surface area contributed by atoms with E-state index in [1.807, 2.05) is 0 Å². The van der Waals surface area contributed by atoms with Gasteiger partial charge in [-0.25, -0.2) is 0 Å². The van der Waals surface area contributed by atoms with E-state index < -0.39 is 0 Å². The molecule has 0 spiro atoms. The van der Waals surface area contributed by atoms with Crippen LogP contribution in [0.3, 0.4) is 0 Å². The monoisotopic (exact) mass is 237 g/mol. The third-order valence-corrected chi connectivity index (χ3v) is 4.58. The molecule has 17 heavy (non-hydrogen) atoms. The Morgan fingerprint density at radius 3 is 2.29 bits per heavy atom. The Morgan fingerprint density at radius 1 is 1.24 bits per heavy atom. The number of carbonyl (C=O) groups excluding carboxylic acids is 1. The molecule has 1 saturated heterocycles. The topological polar surface area (TPSA) is 20.3 Å². The van der Waals surface area contributed by atoms with Gasteiger partial charge in [-0.15, -0.1) is 0 Å². The summed E-state index contributed by atoms with van der Waals surface area (Å²) in [5.41, 5.74) is -0.0579. The molecule has 0 amide bonds. The van der Waals surface area contributed by atoms with E-state index in [0.29, 0.717) is 11.7 Å². The number of ketones is 1. The molecule has 2 heteroatoms.